The van der Waals surface area contributed by atoms with Crippen molar-refractivity contribution in [2.45, 2.75) is 6.54 Å². The Bertz CT molecular complexity index is 614. The Balaban J connectivity index is 2.04. The minimum atomic E-state index is -0.227. The third kappa shape index (κ3) is 3.63. The maximum Gasteiger partial charge on any atom is 0.251 e. The van der Waals surface area contributed by atoms with Crippen molar-refractivity contribution in [3.63, 3.8) is 0 Å². The highest BCUT2D eigenvalue weighted by Crippen LogP contribution is 2.20. The molecule has 0 aliphatic carbocycles. The number of halogens is 2. The van der Waals surface area contributed by atoms with Crippen LogP contribution in [0.15, 0.2) is 36.4 Å². The van der Waals surface area contributed by atoms with Crippen molar-refractivity contribution in [3.8, 4) is 0 Å². The Kier molecular flexibility index (Phi) is 4.30. The molecule has 0 aromatic heterocycles. The number of nitrogens with one attached hydrogen (secondary N) is 1. The second kappa shape index (κ2) is 5.95. The summed E-state index contributed by atoms with van der Waals surface area (Å²) in [7, 11) is 0. The molecule has 0 fully saturated rings. The van der Waals surface area contributed by atoms with Crippen molar-refractivity contribution < 1.29 is 4.79 Å². The number of anilines is 1. The fraction of sp³-hybridized carbons (Fsp3) is 0.0714. The van der Waals surface area contributed by atoms with Crippen LogP contribution in [0.1, 0.15) is 15.9 Å². The first-order valence-corrected chi connectivity index (χ1v) is 6.30. The van der Waals surface area contributed by atoms with E-state index in [0.29, 0.717) is 27.8 Å². The third-order valence-electron chi connectivity index (χ3n) is 2.53. The zero-order chi connectivity index (χ0) is 13.8. The van der Waals surface area contributed by atoms with E-state index in [2.05, 4.69) is 11.4 Å². The lowest BCUT2D eigenvalue weighted by molar-refractivity contribution is 0.0951. The van der Waals surface area contributed by atoms with Gasteiger partial charge in [-0.1, -0.05) is 29.3 Å². The topological polar surface area (TPSA) is 55.1 Å². The molecule has 97 valence electrons. The van der Waals surface area contributed by atoms with E-state index in [-0.39, 0.29) is 5.91 Å². The Hall–Kier alpha value is -1.71. The van der Waals surface area contributed by atoms with Crippen molar-refractivity contribution in [1.82, 2.24) is 5.32 Å². The van der Waals surface area contributed by atoms with Crippen molar-refractivity contribution in [2.24, 2.45) is 0 Å². The zero-order valence-corrected chi connectivity index (χ0v) is 11.4. The van der Waals surface area contributed by atoms with Crippen molar-refractivity contribution in [2.75, 3.05) is 5.73 Å². The van der Waals surface area contributed by atoms with Crippen molar-refractivity contribution >= 4 is 34.8 Å². The van der Waals surface area contributed by atoms with Gasteiger partial charge in [-0.05, 0) is 42.0 Å². The fourth-order valence-electron chi connectivity index (χ4n) is 1.56. The largest absolute Gasteiger partial charge is 0.399 e. The lowest BCUT2D eigenvalue weighted by Crippen LogP contribution is -2.23. The smallest absolute Gasteiger partial charge is 0.251 e. The average Bonchev–Trinajstić information content (AvgIpc) is 2.37. The maximum absolute atomic E-state index is 11.9. The van der Waals surface area contributed by atoms with E-state index in [4.69, 9.17) is 28.9 Å². The van der Waals surface area contributed by atoms with Crippen LogP contribution in [0.25, 0.3) is 0 Å². The van der Waals surface area contributed by atoms with Crippen molar-refractivity contribution in [1.29, 1.82) is 0 Å². The van der Waals surface area contributed by atoms with E-state index >= 15 is 0 Å². The number of amides is 1. The number of rotatable bonds is 3. The van der Waals surface area contributed by atoms with Gasteiger partial charge < -0.3 is 11.1 Å². The minimum Gasteiger partial charge on any atom is -0.399 e. The summed E-state index contributed by atoms with van der Waals surface area (Å²) in [6.45, 7) is 0.323. The number of hydrogen-bond donors (Lipinski definition) is 2. The molecule has 0 atom stereocenters. The summed E-state index contributed by atoms with van der Waals surface area (Å²) in [6, 6.07) is 12.7. The summed E-state index contributed by atoms with van der Waals surface area (Å²) in [5, 5.41) is 3.84. The van der Waals surface area contributed by atoms with Gasteiger partial charge in [0, 0.05) is 27.8 Å². The highest BCUT2D eigenvalue weighted by Gasteiger charge is 2.07. The highest BCUT2D eigenvalue weighted by atomic mass is 35.5. The molecule has 3 N–H and O–H groups in total. The maximum atomic E-state index is 11.9. The monoisotopic (exact) mass is 293 g/mol. The predicted molar refractivity (Wildman–Crippen MR) is 77.3 cm³/mol. The van der Waals surface area contributed by atoms with Crippen LogP contribution in [-0.4, -0.2) is 5.91 Å². The molecule has 2 rings (SSSR count). The quantitative estimate of drug-likeness (QED) is 0.853. The number of nitrogen functional groups attached to an aromatic ring is 1. The fourth-order valence-corrected chi connectivity index (χ4v) is 2.04. The van der Waals surface area contributed by atoms with Crippen LogP contribution in [0.5, 0.6) is 0 Å². The van der Waals surface area contributed by atoms with Crippen LogP contribution >= 0.6 is 23.2 Å². The number of carbonyl (C=O) groups is 1. The molecule has 0 aliphatic rings. The molecule has 0 saturated carbocycles. The van der Waals surface area contributed by atoms with Gasteiger partial charge >= 0.3 is 0 Å². The molecule has 0 spiro atoms. The summed E-state index contributed by atoms with van der Waals surface area (Å²) < 4.78 is 0. The first-order valence-electron chi connectivity index (χ1n) is 5.55. The first kappa shape index (κ1) is 13.7. The highest BCUT2D eigenvalue weighted by molar-refractivity contribution is 6.35. The first-order chi connectivity index (χ1) is 9.06. The van der Waals surface area contributed by atoms with Gasteiger partial charge in [-0.2, -0.15) is 0 Å². The van der Waals surface area contributed by atoms with Crippen LogP contribution in [0, 0.1) is 6.07 Å². The van der Waals surface area contributed by atoms with E-state index in [1.165, 1.54) is 0 Å². The number of nitrogens with two attached hydrogens (primary N) is 1. The molecule has 0 unspecified atom stereocenters. The normalized spacial score (nSPS) is 10.2. The Morgan fingerprint density at radius 2 is 2.05 bits per heavy atom. The van der Waals surface area contributed by atoms with Gasteiger partial charge in [0.05, 0.1) is 0 Å². The van der Waals surface area contributed by atoms with E-state index in [9.17, 15) is 4.79 Å². The van der Waals surface area contributed by atoms with E-state index in [1.54, 1.807) is 36.4 Å². The summed E-state index contributed by atoms with van der Waals surface area (Å²) in [5.74, 6) is -0.227. The van der Waals surface area contributed by atoms with Crippen LogP contribution in [0.2, 0.25) is 10.0 Å². The van der Waals surface area contributed by atoms with Gasteiger partial charge in [-0.15, -0.1) is 0 Å². The van der Waals surface area contributed by atoms with Crippen LogP contribution in [-0.2, 0) is 6.54 Å². The van der Waals surface area contributed by atoms with E-state index < -0.39 is 0 Å². The standard InChI is InChI=1S/C14H11Cl2N2O/c15-11-5-4-10(13(16)7-11)8-18-14(19)9-2-1-3-12(17)6-9/h2-7H,8,17H2,(H,18,19). The number of benzene rings is 2. The molecule has 0 heterocycles. The van der Waals surface area contributed by atoms with Gasteiger partial charge in [-0.3, -0.25) is 4.79 Å². The molecule has 0 saturated heterocycles. The molecular formula is C14H11Cl2N2O. The molecule has 3 nitrogen and oxygen atoms in total. The van der Waals surface area contributed by atoms with Gasteiger partial charge in [0.2, 0.25) is 0 Å². The Labute approximate surface area is 121 Å². The molecule has 19 heavy (non-hydrogen) atoms. The summed E-state index contributed by atoms with van der Waals surface area (Å²) in [4.78, 5) is 11.9. The molecule has 2 aromatic carbocycles. The van der Waals surface area contributed by atoms with Crippen LogP contribution < -0.4 is 11.1 Å². The summed E-state index contributed by atoms with van der Waals surface area (Å²) in [5.41, 5.74) is 7.36. The summed E-state index contributed by atoms with van der Waals surface area (Å²) in [6.07, 6.45) is 0. The molecule has 0 bridgehead atoms. The lowest BCUT2D eigenvalue weighted by atomic mass is 10.1. The van der Waals surface area contributed by atoms with Crippen molar-refractivity contribution in [3.05, 3.63) is 63.6 Å². The molecule has 1 radical (unpaired) electrons. The van der Waals surface area contributed by atoms with Gasteiger partial charge in [0.1, 0.15) is 0 Å². The van der Waals surface area contributed by atoms with Crippen LogP contribution in [0.4, 0.5) is 5.69 Å². The lowest BCUT2D eigenvalue weighted by Gasteiger charge is -2.07. The third-order valence-corrected chi connectivity index (χ3v) is 3.11. The molecule has 0 aliphatic heterocycles. The van der Waals surface area contributed by atoms with Gasteiger partial charge in [-0.25, -0.2) is 0 Å². The van der Waals surface area contributed by atoms with Gasteiger partial charge in [0.15, 0.2) is 0 Å². The minimum absolute atomic E-state index is 0.227. The second-order valence-corrected chi connectivity index (χ2v) is 4.82. The predicted octanol–water partition coefficient (Wildman–Crippen LogP) is 3.31. The molecular weight excluding hydrogens is 283 g/mol. The van der Waals surface area contributed by atoms with Crippen LogP contribution in [0.3, 0.4) is 0 Å². The number of carbonyl (C=O) groups excluding carboxylic acids is 1. The Morgan fingerprint density at radius 1 is 1.26 bits per heavy atom. The van der Waals surface area contributed by atoms with E-state index in [0.717, 1.165) is 5.56 Å². The molecule has 5 heteroatoms. The summed E-state index contributed by atoms with van der Waals surface area (Å²) >= 11 is 11.8. The van der Waals surface area contributed by atoms with E-state index in [1.807, 2.05) is 0 Å². The zero-order valence-electron chi connectivity index (χ0n) is 9.91. The average molecular weight is 294 g/mol. The second-order valence-electron chi connectivity index (χ2n) is 3.97. The SMILES string of the molecule is Nc1c[c]cc(C(=O)NCc2ccc(Cl)cc2Cl)c1. The Morgan fingerprint density at radius 3 is 2.74 bits per heavy atom. The molecule has 2 aromatic rings. The molecule has 1 amide bonds. The van der Waals surface area contributed by atoms with Gasteiger partial charge in [0.25, 0.3) is 5.91 Å². The number of hydrogen-bond acceptors (Lipinski definition) is 2.